The van der Waals surface area contributed by atoms with Gasteiger partial charge in [-0.1, -0.05) is 11.8 Å². The number of carbonyl (C=O) groups is 1. The molecule has 0 fully saturated rings. The summed E-state index contributed by atoms with van der Waals surface area (Å²) in [7, 11) is 1.63. The highest BCUT2D eigenvalue weighted by Gasteiger charge is 2.26. The molecule has 0 aliphatic rings. The van der Waals surface area contributed by atoms with Gasteiger partial charge in [-0.25, -0.2) is 4.98 Å². The van der Waals surface area contributed by atoms with Crippen molar-refractivity contribution in [2.75, 3.05) is 12.9 Å². The van der Waals surface area contributed by atoms with Gasteiger partial charge < -0.3 is 14.8 Å². The summed E-state index contributed by atoms with van der Waals surface area (Å²) in [5.41, 5.74) is 1.09. The quantitative estimate of drug-likeness (QED) is 0.800. The summed E-state index contributed by atoms with van der Waals surface area (Å²) in [6.07, 6.45) is 0.591. The number of hydrogen-bond donors (Lipinski definition) is 2. The predicted octanol–water partition coefficient (Wildman–Crippen LogP) is 3.16. The molecule has 0 saturated heterocycles. The van der Waals surface area contributed by atoms with Crippen LogP contribution >= 0.6 is 11.8 Å². The van der Waals surface area contributed by atoms with Crippen LogP contribution < -0.4 is 4.74 Å². The van der Waals surface area contributed by atoms with Crippen molar-refractivity contribution in [1.82, 2.24) is 9.97 Å². The Morgan fingerprint density at radius 3 is 2.90 bits per heavy atom. The molecule has 20 heavy (non-hydrogen) atoms. The Bertz CT molecular complexity index is 622. The lowest BCUT2D eigenvalue weighted by Gasteiger charge is -2.17. The van der Waals surface area contributed by atoms with E-state index in [1.165, 1.54) is 11.8 Å². The fourth-order valence-corrected chi connectivity index (χ4v) is 2.82. The number of rotatable bonds is 6. The zero-order valence-corrected chi connectivity index (χ0v) is 12.6. The Morgan fingerprint density at radius 1 is 1.50 bits per heavy atom. The Morgan fingerprint density at radius 2 is 2.25 bits per heavy atom. The number of hydrogen-bond acceptors (Lipinski definition) is 4. The standard InChI is InChI=1S/C14H18N2O3S/c1-14(2,12(17)18)6-7-20-13-15-10-5-4-9(19-3)8-11(10)16-13/h4-5,8H,6-7H2,1-3H3,(H,15,16)(H,17,18). The number of nitrogens with one attached hydrogen (secondary N) is 1. The van der Waals surface area contributed by atoms with Crippen LogP contribution in [-0.4, -0.2) is 33.9 Å². The second kappa shape index (κ2) is 5.75. The van der Waals surface area contributed by atoms with E-state index in [2.05, 4.69) is 9.97 Å². The molecule has 0 atom stereocenters. The number of H-pyrrole nitrogens is 1. The first-order valence-electron chi connectivity index (χ1n) is 6.32. The predicted molar refractivity (Wildman–Crippen MR) is 79.4 cm³/mol. The highest BCUT2D eigenvalue weighted by Crippen LogP contribution is 2.27. The van der Waals surface area contributed by atoms with Crippen molar-refractivity contribution in [1.29, 1.82) is 0 Å². The summed E-state index contributed by atoms with van der Waals surface area (Å²) in [6.45, 7) is 3.47. The number of thioether (sulfide) groups is 1. The van der Waals surface area contributed by atoms with Crippen molar-refractivity contribution in [3.05, 3.63) is 18.2 Å². The molecule has 2 rings (SSSR count). The highest BCUT2D eigenvalue weighted by atomic mass is 32.2. The third kappa shape index (κ3) is 3.25. The zero-order chi connectivity index (χ0) is 14.8. The largest absolute Gasteiger partial charge is 0.497 e. The van der Waals surface area contributed by atoms with E-state index < -0.39 is 11.4 Å². The van der Waals surface area contributed by atoms with Gasteiger partial charge in [0.1, 0.15) is 5.75 Å². The Kier molecular flexibility index (Phi) is 4.23. The molecule has 0 saturated carbocycles. The van der Waals surface area contributed by atoms with Gasteiger partial charge in [0.25, 0.3) is 0 Å². The third-order valence-corrected chi connectivity index (χ3v) is 4.09. The molecular formula is C14H18N2O3S. The monoisotopic (exact) mass is 294 g/mol. The Labute approximate surface area is 121 Å². The van der Waals surface area contributed by atoms with Gasteiger partial charge in [0.05, 0.1) is 23.6 Å². The van der Waals surface area contributed by atoms with Crippen molar-refractivity contribution >= 4 is 28.8 Å². The lowest BCUT2D eigenvalue weighted by molar-refractivity contribution is -0.146. The molecule has 2 N–H and O–H groups in total. The zero-order valence-electron chi connectivity index (χ0n) is 11.8. The molecule has 0 unspecified atom stereocenters. The van der Waals surface area contributed by atoms with Crippen LogP contribution in [0.5, 0.6) is 5.75 Å². The van der Waals surface area contributed by atoms with Crippen LogP contribution in [0.15, 0.2) is 23.4 Å². The highest BCUT2D eigenvalue weighted by molar-refractivity contribution is 7.99. The number of nitrogens with zero attached hydrogens (tertiary/aromatic N) is 1. The SMILES string of the molecule is COc1ccc2nc(SCCC(C)(C)C(=O)O)[nH]c2c1. The van der Waals surface area contributed by atoms with E-state index in [1.54, 1.807) is 21.0 Å². The topological polar surface area (TPSA) is 75.2 Å². The molecule has 6 heteroatoms. The van der Waals surface area contributed by atoms with Gasteiger partial charge in [0.2, 0.25) is 0 Å². The van der Waals surface area contributed by atoms with Crippen LogP contribution in [0.2, 0.25) is 0 Å². The molecule has 1 aromatic heterocycles. The van der Waals surface area contributed by atoms with Crippen molar-refractivity contribution in [2.45, 2.75) is 25.4 Å². The summed E-state index contributed by atoms with van der Waals surface area (Å²) < 4.78 is 5.16. The van der Waals surface area contributed by atoms with Gasteiger partial charge >= 0.3 is 5.97 Å². The van der Waals surface area contributed by atoms with Crippen molar-refractivity contribution in [2.24, 2.45) is 5.41 Å². The first kappa shape index (κ1) is 14.7. The number of fused-ring (bicyclic) bond motifs is 1. The minimum Gasteiger partial charge on any atom is -0.497 e. The van der Waals surface area contributed by atoms with Crippen molar-refractivity contribution in [3.8, 4) is 5.75 Å². The maximum atomic E-state index is 11.0. The second-order valence-corrected chi connectivity index (χ2v) is 6.30. The molecule has 2 aromatic rings. The average Bonchev–Trinajstić information content (AvgIpc) is 2.79. The number of imidazole rings is 1. The average molecular weight is 294 g/mol. The number of aromatic nitrogens is 2. The molecular weight excluding hydrogens is 276 g/mol. The van der Waals surface area contributed by atoms with E-state index >= 15 is 0 Å². The van der Waals surface area contributed by atoms with Gasteiger partial charge in [-0.05, 0) is 32.4 Å². The van der Waals surface area contributed by atoms with Crippen LogP contribution in [0, 0.1) is 5.41 Å². The molecule has 1 heterocycles. The third-order valence-electron chi connectivity index (χ3n) is 3.21. The number of carboxylic acid groups (broad SMARTS) is 1. The van der Waals surface area contributed by atoms with E-state index in [0.29, 0.717) is 12.2 Å². The number of aliphatic carboxylic acids is 1. The fraction of sp³-hybridized carbons (Fsp3) is 0.429. The first-order chi connectivity index (χ1) is 9.42. The van der Waals surface area contributed by atoms with Gasteiger partial charge in [0, 0.05) is 11.8 Å². The smallest absolute Gasteiger partial charge is 0.309 e. The lowest BCUT2D eigenvalue weighted by atomic mass is 9.91. The molecule has 5 nitrogen and oxygen atoms in total. The molecule has 108 valence electrons. The maximum absolute atomic E-state index is 11.0. The molecule has 0 bridgehead atoms. The van der Waals surface area contributed by atoms with Crippen molar-refractivity contribution < 1.29 is 14.6 Å². The summed E-state index contributed by atoms with van der Waals surface area (Å²) in [6, 6.07) is 5.66. The van der Waals surface area contributed by atoms with Crippen LogP contribution in [0.1, 0.15) is 20.3 Å². The van der Waals surface area contributed by atoms with Crippen molar-refractivity contribution in [3.63, 3.8) is 0 Å². The number of benzene rings is 1. The Balaban J connectivity index is 2.02. The lowest BCUT2D eigenvalue weighted by Crippen LogP contribution is -2.24. The normalized spacial score (nSPS) is 11.8. The summed E-state index contributed by atoms with van der Waals surface area (Å²) in [5, 5.41) is 9.86. The van der Waals surface area contributed by atoms with E-state index in [1.807, 2.05) is 18.2 Å². The van der Waals surface area contributed by atoms with Crippen LogP contribution in [0.3, 0.4) is 0 Å². The van der Waals surface area contributed by atoms with Gasteiger partial charge in [-0.3, -0.25) is 4.79 Å². The molecule has 0 spiro atoms. The van der Waals surface area contributed by atoms with Gasteiger partial charge in [0.15, 0.2) is 5.16 Å². The molecule has 1 aromatic carbocycles. The second-order valence-electron chi connectivity index (χ2n) is 5.21. The fourth-order valence-electron chi connectivity index (χ4n) is 1.67. The van der Waals surface area contributed by atoms with Crippen LogP contribution in [-0.2, 0) is 4.79 Å². The van der Waals surface area contributed by atoms with E-state index in [0.717, 1.165) is 21.9 Å². The molecule has 0 radical (unpaired) electrons. The van der Waals surface area contributed by atoms with E-state index in [9.17, 15) is 4.79 Å². The number of methoxy groups -OCH3 is 1. The van der Waals surface area contributed by atoms with Gasteiger partial charge in [-0.15, -0.1) is 0 Å². The summed E-state index contributed by atoms with van der Waals surface area (Å²) in [5.74, 6) is 0.716. The number of aromatic amines is 1. The van der Waals surface area contributed by atoms with Gasteiger partial charge in [-0.2, -0.15) is 0 Å². The molecule has 0 aliphatic heterocycles. The number of ether oxygens (including phenoxy) is 1. The summed E-state index contributed by atoms with van der Waals surface area (Å²) >= 11 is 1.53. The Hall–Kier alpha value is -1.69. The molecule has 0 amide bonds. The maximum Gasteiger partial charge on any atom is 0.309 e. The van der Waals surface area contributed by atoms with Crippen LogP contribution in [0.4, 0.5) is 0 Å². The minimum absolute atomic E-state index is 0.591. The minimum atomic E-state index is -0.771. The van der Waals surface area contributed by atoms with Crippen LogP contribution in [0.25, 0.3) is 11.0 Å². The van der Waals surface area contributed by atoms with E-state index in [-0.39, 0.29) is 0 Å². The summed E-state index contributed by atoms with van der Waals surface area (Å²) in [4.78, 5) is 18.7. The first-order valence-corrected chi connectivity index (χ1v) is 7.31. The molecule has 0 aliphatic carbocycles. The number of carboxylic acids is 1. The van der Waals surface area contributed by atoms with E-state index in [4.69, 9.17) is 9.84 Å².